The van der Waals surface area contributed by atoms with Crippen LogP contribution in [-0.2, 0) is 0 Å². The topological polar surface area (TPSA) is 24.1 Å². The molecule has 0 unspecified atom stereocenters. The van der Waals surface area contributed by atoms with Crippen molar-refractivity contribution >= 4 is 5.69 Å². The molecule has 0 spiro atoms. The normalized spacial score (nSPS) is 19.5. The van der Waals surface area contributed by atoms with E-state index in [1.54, 1.807) is 0 Å². The Morgan fingerprint density at radius 1 is 1.00 bits per heavy atom. The van der Waals surface area contributed by atoms with Crippen molar-refractivity contribution in [3.05, 3.63) is 65.5 Å². The van der Waals surface area contributed by atoms with Crippen LogP contribution < -0.4 is 10.6 Å². The molecule has 21 heavy (non-hydrogen) atoms. The van der Waals surface area contributed by atoms with Crippen molar-refractivity contribution in [1.82, 2.24) is 5.32 Å². The summed E-state index contributed by atoms with van der Waals surface area (Å²) in [7, 11) is 0. The van der Waals surface area contributed by atoms with E-state index in [1.807, 2.05) is 0 Å². The third-order valence-corrected chi connectivity index (χ3v) is 4.46. The maximum Gasteiger partial charge on any atom is 0.0700 e. The number of rotatable bonds is 4. The van der Waals surface area contributed by atoms with Crippen LogP contribution in [0.5, 0.6) is 0 Å². The molecule has 1 saturated carbocycles. The van der Waals surface area contributed by atoms with E-state index in [4.69, 9.17) is 0 Å². The van der Waals surface area contributed by atoms with Gasteiger partial charge in [-0.3, -0.25) is 0 Å². The molecule has 1 aromatic carbocycles. The molecule has 2 N–H and O–H groups in total. The third-order valence-electron chi connectivity index (χ3n) is 4.46. The lowest BCUT2D eigenvalue weighted by Crippen LogP contribution is -2.36. The van der Waals surface area contributed by atoms with Crippen LogP contribution in [-0.4, -0.2) is 6.04 Å². The van der Waals surface area contributed by atoms with Gasteiger partial charge in [0.1, 0.15) is 0 Å². The maximum absolute atomic E-state index is 4.14. The molecule has 1 fully saturated rings. The summed E-state index contributed by atoms with van der Waals surface area (Å²) in [4.78, 5) is 0. The first-order valence-corrected chi connectivity index (χ1v) is 7.88. The monoisotopic (exact) mass is 280 g/mol. The Labute approximate surface area is 127 Å². The number of benzene rings is 1. The van der Waals surface area contributed by atoms with Gasteiger partial charge >= 0.3 is 0 Å². The second-order valence-corrected chi connectivity index (χ2v) is 6.18. The van der Waals surface area contributed by atoms with Gasteiger partial charge in [-0.1, -0.05) is 44.6 Å². The van der Waals surface area contributed by atoms with Gasteiger partial charge in [0.15, 0.2) is 0 Å². The Hall–Kier alpha value is -1.96. The molecular weight excluding hydrogens is 256 g/mol. The van der Waals surface area contributed by atoms with E-state index in [0.29, 0.717) is 6.04 Å². The first-order valence-electron chi connectivity index (χ1n) is 7.88. The summed E-state index contributed by atoms with van der Waals surface area (Å²) < 4.78 is 0. The molecule has 0 aliphatic heterocycles. The summed E-state index contributed by atoms with van der Waals surface area (Å²) in [6.45, 7) is 10.4. The lowest BCUT2D eigenvalue weighted by Gasteiger charge is -2.35. The number of aryl methyl sites for hydroxylation is 1. The average Bonchev–Trinajstić information content (AvgIpc) is 2.51. The molecule has 2 aliphatic rings. The zero-order chi connectivity index (χ0) is 14.8. The molecule has 0 amide bonds. The highest BCUT2D eigenvalue weighted by Gasteiger charge is 2.28. The fourth-order valence-electron chi connectivity index (χ4n) is 3.16. The van der Waals surface area contributed by atoms with Crippen LogP contribution in [0.1, 0.15) is 37.7 Å². The van der Waals surface area contributed by atoms with Crippen molar-refractivity contribution in [2.45, 2.75) is 45.1 Å². The predicted molar refractivity (Wildman–Crippen MR) is 90.1 cm³/mol. The van der Waals surface area contributed by atoms with Crippen molar-refractivity contribution in [2.75, 3.05) is 5.32 Å². The number of anilines is 1. The van der Waals surface area contributed by atoms with Gasteiger partial charge in [-0.2, -0.15) is 0 Å². The Morgan fingerprint density at radius 3 is 2.43 bits per heavy atom. The number of hydrogen-bond donors (Lipinski definition) is 2. The van der Waals surface area contributed by atoms with Gasteiger partial charge in [-0.05, 0) is 37.5 Å². The molecule has 0 atom stereocenters. The van der Waals surface area contributed by atoms with E-state index in [0.717, 1.165) is 28.2 Å². The van der Waals surface area contributed by atoms with Gasteiger partial charge in [0.2, 0.25) is 0 Å². The molecular formula is C19H24N2. The number of allylic oxidation sites excluding steroid dienone is 2. The van der Waals surface area contributed by atoms with E-state index in [9.17, 15) is 0 Å². The van der Waals surface area contributed by atoms with Gasteiger partial charge < -0.3 is 10.6 Å². The first-order chi connectivity index (χ1) is 10.1. The van der Waals surface area contributed by atoms with Crippen LogP contribution in [0.25, 0.3) is 0 Å². The van der Waals surface area contributed by atoms with E-state index in [2.05, 4.69) is 55.0 Å². The minimum atomic E-state index is 0.591. The van der Waals surface area contributed by atoms with Crippen molar-refractivity contribution in [3.8, 4) is 0 Å². The molecule has 2 aliphatic carbocycles. The van der Waals surface area contributed by atoms with Gasteiger partial charge in [-0.25, -0.2) is 0 Å². The van der Waals surface area contributed by atoms with Gasteiger partial charge in [0.25, 0.3) is 0 Å². The lowest BCUT2D eigenvalue weighted by atomic mass is 9.87. The Kier molecular flexibility index (Phi) is 3.87. The first kappa shape index (κ1) is 14.0. The largest absolute Gasteiger partial charge is 0.380 e. The van der Waals surface area contributed by atoms with E-state index in [-0.39, 0.29) is 0 Å². The van der Waals surface area contributed by atoms with E-state index in [1.165, 1.54) is 37.7 Å². The highest BCUT2D eigenvalue weighted by molar-refractivity contribution is 5.72. The molecule has 0 aromatic heterocycles. The molecule has 0 saturated heterocycles. The lowest BCUT2D eigenvalue weighted by molar-refractivity contribution is 0.396. The molecule has 1 aromatic rings. The summed E-state index contributed by atoms with van der Waals surface area (Å²) in [5.74, 6) is 0. The van der Waals surface area contributed by atoms with Crippen molar-refractivity contribution in [3.63, 3.8) is 0 Å². The maximum atomic E-state index is 4.14. The molecule has 0 heterocycles. The standard InChI is InChI=1S/C19H24N2/c1-13-8-7-11-17(12-13)21-19-15(3)14(2)18(19)20-16-9-5-4-6-10-16/h7-8,11-12,16,20-21H,2-6,9-10H2,1H3. The minimum absolute atomic E-state index is 0.591. The molecule has 0 radical (unpaired) electrons. The van der Waals surface area contributed by atoms with E-state index >= 15 is 0 Å². The van der Waals surface area contributed by atoms with Crippen molar-refractivity contribution in [2.24, 2.45) is 0 Å². The SMILES string of the molecule is C=C1C(=C)C(NC2CCCCC2)=C1Nc1cccc(C)c1. The predicted octanol–water partition coefficient (Wildman–Crippen LogP) is 4.67. The van der Waals surface area contributed by atoms with Crippen molar-refractivity contribution in [1.29, 1.82) is 0 Å². The van der Waals surface area contributed by atoms with Crippen LogP contribution >= 0.6 is 0 Å². The Morgan fingerprint density at radius 2 is 1.71 bits per heavy atom. The zero-order valence-corrected chi connectivity index (χ0v) is 12.8. The fourth-order valence-corrected chi connectivity index (χ4v) is 3.16. The van der Waals surface area contributed by atoms with E-state index < -0.39 is 0 Å². The van der Waals surface area contributed by atoms with Gasteiger partial charge in [0.05, 0.1) is 11.4 Å². The van der Waals surface area contributed by atoms with Crippen LogP contribution in [0, 0.1) is 6.92 Å². The number of hydrogen-bond acceptors (Lipinski definition) is 2. The molecule has 0 bridgehead atoms. The van der Waals surface area contributed by atoms with Crippen LogP contribution in [0.3, 0.4) is 0 Å². The highest BCUT2D eigenvalue weighted by Crippen LogP contribution is 2.37. The summed E-state index contributed by atoms with van der Waals surface area (Å²) in [5, 5.41) is 7.17. The second kappa shape index (κ2) is 5.80. The number of nitrogens with one attached hydrogen (secondary N) is 2. The summed E-state index contributed by atoms with van der Waals surface area (Å²) in [6.07, 6.45) is 6.57. The summed E-state index contributed by atoms with van der Waals surface area (Å²) in [6, 6.07) is 9.01. The Bertz CT molecular complexity index is 604. The van der Waals surface area contributed by atoms with Gasteiger partial charge in [-0.15, -0.1) is 0 Å². The second-order valence-electron chi connectivity index (χ2n) is 6.18. The van der Waals surface area contributed by atoms with Crippen LogP contribution in [0.15, 0.2) is 60.0 Å². The molecule has 2 heteroatoms. The average molecular weight is 280 g/mol. The molecule has 110 valence electrons. The van der Waals surface area contributed by atoms with Crippen molar-refractivity contribution < 1.29 is 0 Å². The zero-order valence-electron chi connectivity index (χ0n) is 12.8. The summed E-state index contributed by atoms with van der Waals surface area (Å²) >= 11 is 0. The quantitative estimate of drug-likeness (QED) is 0.837. The van der Waals surface area contributed by atoms with Gasteiger partial charge in [0, 0.05) is 22.9 Å². The molecule has 2 nitrogen and oxygen atoms in total. The third kappa shape index (κ3) is 2.90. The minimum Gasteiger partial charge on any atom is -0.380 e. The highest BCUT2D eigenvalue weighted by atomic mass is 15.0. The van der Waals surface area contributed by atoms with Crippen LogP contribution in [0.4, 0.5) is 5.69 Å². The summed E-state index contributed by atoms with van der Waals surface area (Å²) in [5.41, 5.74) is 6.71. The molecule has 3 rings (SSSR count). The fraction of sp³-hybridized carbons (Fsp3) is 0.368. The van der Waals surface area contributed by atoms with Crippen LogP contribution in [0.2, 0.25) is 0 Å². The Balaban J connectivity index is 1.76. The smallest absolute Gasteiger partial charge is 0.0700 e.